The molecule has 0 saturated carbocycles. The Kier molecular flexibility index (Phi) is 5.55. The monoisotopic (exact) mass is 374 g/mol. The Labute approximate surface area is 161 Å². The molecule has 7 nitrogen and oxygen atoms in total. The van der Waals surface area contributed by atoms with Crippen molar-refractivity contribution in [2.24, 2.45) is 10.2 Å². The summed E-state index contributed by atoms with van der Waals surface area (Å²) in [5, 5.41) is 22.2. The van der Waals surface area contributed by atoms with Crippen LogP contribution in [0.25, 0.3) is 0 Å². The van der Waals surface area contributed by atoms with Crippen molar-refractivity contribution in [3.63, 3.8) is 0 Å². The van der Waals surface area contributed by atoms with E-state index in [1.54, 1.807) is 18.2 Å². The third-order valence-electron chi connectivity index (χ3n) is 4.15. The van der Waals surface area contributed by atoms with Crippen LogP contribution >= 0.6 is 0 Å². The van der Waals surface area contributed by atoms with Crippen LogP contribution in [-0.4, -0.2) is 10.8 Å². The molecule has 1 N–H and O–H groups in total. The molecule has 7 heteroatoms. The maximum absolute atomic E-state index is 12.4. The number of nitrogens with one attached hydrogen (secondary N) is 1. The molecule has 0 heterocycles. The maximum Gasteiger partial charge on any atom is 0.270 e. The summed E-state index contributed by atoms with van der Waals surface area (Å²) in [5.41, 5.74) is 4.02. The van der Waals surface area contributed by atoms with E-state index < -0.39 is 10.8 Å². The van der Waals surface area contributed by atoms with Crippen LogP contribution in [0.3, 0.4) is 0 Å². The average Bonchev–Trinajstić information content (AvgIpc) is 2.68. The summed E-state index contributed by atoms with van der Waals surface area (Å²) in [6.07, 6.45) is 0. The van der Waals surface area contributed by atoms with Crippen molar-refractivity contribution >= 4 is 28.7 Å². The van der Waals surface area contributed by atoms with Crippen LogP contribution in [0.4, 0.5) is 22.7 Å². The number of aryl methyl sites for hydroxylation is 2. The lowest BCUT2D eigenvalue weighted by atomic mass is 10.1. The third-order valence-corrected chi connectivity index (χ3v) is 4.15. The molecular formula is C21H18N4O3. The molecule has 0 radical (unpaired) electrons. The minimum absolute atomic E-state index is 0.129. The van der Waals surface area contributed by atoms with Crippen molar-refractivity contribution in [3.8, 4) is 0 Å². The van der Waals surface area contributed by atoms with Gasteiger partial charge in [-0.1, -0.05) is 24.3 Å². The highest BCUT2D eigenvalue weighted by Crippen LogP contribution is 2.26. The standard InChI is InChI=1S/C21H18N4O3/c1-14-6-3-4-9-19(14)23-24-20-11-10-17(12-15(20)2)22-21(26)16-7-5-8-18(13-16)25(27)28/h3-13H,1-2H3,(H,22,26). The molecule has 3 aromatic carbocycles. The fraction of sp³-hybridized carbons (Fsp3) is 0.0952. The summed E-state index contributed by atoms with van der Waals surface area (Å²) in [6.45, 7) is 3.84. The number of non-ortho nitro benzene ring substituents is 1. The van der Waals surface area contributed by atoms with Gasteiger partial charge >= 0.3 is 0 Å². The number of azo groups is 1. The predicted octanol–water partition coefficient (Wildman–Crippen LogP) is 5.88. The van der Waals surface area contributed by atoms with Gasteiger partial charge in [-0.3, -0.25) is 14.9 Å². The van der Waals surface area contributed by atoms with Gasteiger partial charge in [0.25, 0.3) is 11.6 Å². The van der Waals surface area contributed by atoms with Crippen LogP contribution in [0.5, 0.6) is 0 Å². The zero-order valence-electron chi connectivity index (χ0n) is 15.4. The van der Waals surface area contributed by atoms with Gasteiger partial charge in [0.2, 0.25) is 0 Å². The second kappa shape index (κ2) is 8.22. The average molecular weight is 374 g/mol. The summed E-state index contributed by atoms with van der Waals surface area (Å²) in [7, 11) is 0. The highest BCUT2D eigenvalue weighted by Gasteiger charge is 2.12. The van der Waals surface area contributed by atoms with Gasteiger partial charge < -0.3 is 5.32 Å². The van der Waals surface area contributed by atoms with Crippen molar-refractivity contribution in [2.45, 2.75) is 13.8 Å². The van der Waals surface area contributed by atoms with E-state index in [-0.39, 0.29) is 11.3 Å². The predicted molar refractivity (Wildman–Crippen MR) is 108 cm³/mol. The molecule has 0 aliphatic carbocycles. The summed E-state index contributed by atoms with van der Waals surface area (Å²) in [5.74, 6) is -0.419. The van der Waals surface area contributed by atoms with Crippen LogP contribution in [0.2, 0.25) is 0 Å². The summed E-state index contributed by atoms with van der Waals surface area (Å²) < 4.78 is 0. The number of nitro benzene ring substituents is 1. The minimum atomic E-state index is -0.533. The van der Waals surface area contributed by atoms with Gasteiger partial charge in [0.1, 0.15) is 0 Å². The number of carbonyl (C=O) groups is 1. The second-order valence-corrected chi connectivity index (χ2v) is 6.25. The zero-order valence-corrected chi connectivity index (χ0v) is 15.4. The molecule has 0 fully saturated rings. The highest BCUT2D eigenvalue weighted by molar-refractivity contribution is 6.04. The number of benzene rings is 3. The van der Waals surface area contributed by atoms with E-state index in [1.165, 1.54) is 24.3 Å². The van der Waals surface area contributed by atoms with Crippen LogP contribution in [-0.2, 0) is 0 Å². The minimum Gasteiger partial charge on any atom is -0.322 e. The first-order valence-electron chi connectivity index (χ1n) is 8.58. The normalized spacial score (nSPS) is 10.8. The Balaban J connectivity index is 1.75. The lowest BCUT2D eigenvalue weighted by Crippen LogP contribution is -2.12. The molecule has 140 valence electrons. The van der Waals surface area contributed by atoms with Gasteiger partial charge in [0, 0.05) is 23.4 Å². The third kappa shape index (κ3) is 4.45. The maximum atomic E-state index is 12.4. The number of nitrogens with zero attached hydrogens (tertiary/aromatic N) is 3. The van der Waals surface area contributed by atoms with E-state index in [0.29, 0.717) is 11.4 Å². The number of rotatable bonds is 5. The topological polar surface area (TPSA) is 97.0 Å². The first-order valence-corrected chi connectivity index (χ1v) is 8.58. The van der Waals surface area contributed by atoms with Crippen LogP contribution < -0.4 is 5.32 Å². The van der Waals surface area contributed by atoms with E-state index in [4.69, 9.17) is 0 Å². The number of amides is 1. The molecule has 28 heavy (non-hydrogen) atoms. The van der Waals surface area contributed by atoms with Crippen LogP contribution in [0, 0.1) is 24.0 Å². The lowest BCUT2D eigenvalue weighted by molar-refractivity contribution is -0.384. The summed E-state index contributed by atoms with van der Waals surface area (Å²) in [4.78, 5) is 22.7. The first-order chi connectivity index (χ1) is 13.4. The molecule has 0 aliphatic rings. The van der Waals surface area contributed by atoms with E-state index in [9.17, 15) is 14.9 Å². The molecule has 0 aliphatic heterocycles. The zero-order chi connectivity index (χ0) is 20.1. The molecule has 1 amide bonds. The molecule has 0 atom stereocenters. The number of hydrogen-bond acceptors (Lipinski definition) is 5. The van der Waals surface area contributed by atoms with Crippen molar-refractivity contribution in [2.75, 3.05) is 5.32 Å². The Morgan fingerprint density at radius 3 is 2.29 bits per heavy atom. The quantitative estimate of drug-likeness (QED) is 0.343. The first kappa shape index (κ1) is 18.9. The largest absolute Gasteiger partial charge is 0.322 e. The summed E-state index contributed by atoms with van der Waals surface area (Å²) in [6, 6.07) is 18.6. The molecule has 0 bridgehead atoms. The Hall–Kier alpha value is -3.87. The SMILES string of the molecule is Cc1ccccc1N=Nc1ccc(NC(=O)c2cccc([N+](=O)[O-])c2)cc1C. The van der Waals surface area contributed by atoms with Crippen molar-refractivity contribution in [1.29, 1.82) is 0 Å². The van der Waals surface area contributed by atoms with Gasteiger partial charge in [-0.15, -0.1) is 0 Å². The van der Waals surface area contributed by atoms with Crippen molar-refractivity contribution in [3.05, 3.63) is 93.5 Å². The Morgan fingerprint density at radius 1 is 0.893 bits per heavy atom. The highest BCUT2D eigenvalue weighted by atomic mass is 16.6. The molecule has 0 unspecified atom stereocenters. The fourth-order valence-corrected chi connectivity index (χ4v) is 2.59. The molecule has 0 spiro atoms. The van der Waals surface area contributed by atoms with E-state index in [1.807, 2.05) is 38.1 Å². The van der Waals surface area contributed by atoms with Crippen molar-refractivity contribution < 1.29 is 9.72 Å². The summed E-state index contributed by atoms with van der Waals surface area (Å²) >= 11 is 0. The fourth-order valence-electron chi connectivity index (χ4n) is 2.59. The van der Waals surface area contributed by atoms with Crippen molar-refractivity contribution in [1.82, 2.24) is 0 Å². The van der Waals surface area contributed by atoms with Crippen LogP contribution in [0.1, 0.15) is 21.5 Å². The number of carbonyl (C=O) groups excluding carboxylic acids is 1. The number of nitro groups is 1. The van der Waals surface area contributed by atoms with E-state index in [0.717, 1.165) is 16.8 Å². The lowest BCUT2D eigenvalue weighted by Gasteiger charge is -2.07. The molecule has 3 aromatic rings. The van der Waals surface area contributed by atoms with Gasteiger partial charge in [-0.2, -0.15) is 10.2 Å². The molecule has 0 aromatic heterocycles. The van der Waals surface area contributed by atoms with Gasteiger partial charge in [0.05, 0.1) is 16.3 Å². The van der Waals surface area contributed by atoms with Gasteiger partial charge in [0.15, 0.2) is 0 Å². The molecule has 0 saturated heterocycles. The van der Waals surface area contributed by atoms with Crippen LogP contribution in [0.15, 0.2) is 77.0 Å². The smallest absolute Gasteiger partial charge is 0.270 e. The Morgan fingerprint density at radius 2 is 1.61 bits per heavy atom. The Bertz CT molecular complexity index is 1080. The molecular weight excluding hydrogens is 356 g/mol. The molecule has 3 rings (SSSR count). The van der Waals surface area contributed by atoms with E-state index in [2.05, 4.69) is 15.5 Å². The van der Waals surface area contributed by atoms with Gasteiger partial charge in [-0.25, -0.2) is 0 Å². The second-order valence-electron chi connectivity index (χ2n) is 6.25. The number of anilines is 1. The van der Waals surface area contributed by atoms with E-state index >= 15 is 0 Å². The number of hydrogen-bond donors (Lipinski definition) is 1. The van der Waals surface area contributed by atoms with Gasteiger partial charge in [-0.05, 0) is 55.3 Å².